The van der Waals surface area contributed by atoms with Gasteiger partial charge in [-0.1, -0.05) is 36.9 Å². The molecular formula is C16H18O2. The van der Waals surface area contributed by atoms with Crippen LogP contribution in [0.5, 0.6) is 0 Å². The molecule has 2 nitrogen and oxygen atoms in total. The van der Waals surface area contributed by atoms with E-state index in [0.29, 0.717) is 11.1 Å². The lowest BCUT2D eigenvalue weighted by molar-refractivity contribution is -0.120. The second-order valence-electron chi connectivity index (χ2n) is 4.36. The van der Waals surface area contributed by atoms with Crippen molar-refractivity contribution >= 4 is 17.6 Å². The van der Waals surface area contributed by atoms with Crippen LogP contribution in [0.25, 0.3) is 6.08 Å². The quantitative estimate of drug-likeness (QED) is 0.714. The molecule has 0 heterocycles. The normalized spacial score (nSPS) is 11.1. The summed E-state index contributed by atoms with van der Waals surface area (Å²) in [5, 5.41) is 0. The first-order valence-corrected chi connectivity index (χ1v) is 5.96. The molecule has 0 aromatic heterocycles. The number of Topliss-reactive ketones (excluding diaryl/α,β-unsaturated/α-hetero) is 2. The van der Waals surface area contributed by atoms with Crippen molar-refractivity contribution in [2.75, 3.05) is 0 Å². The van der Waals surface area contributed by atoms with Crippen molar-refractivity contribution in [3.8, 4) is 0 Å². The SMILES string of the molecule is C=C(C)C(=O)CCC(=O)/C(C)=C/c1ccccc1. The van der Waals surface area contributed by atoms with E-state index >= 15 is 0 Å². The monoisotopic (exact) mass is 242 g/mol. The molecule has 0 aliphatic rings. The zero-order valence-electron chi connectivity index (χ0n) is 10.9. The lowest BCUT2D eigenvalue weighted by Crippen LogP contribution is -2.05. The summed E-state index contributed by atoms with van der Waals surface area (Å²) in [6.07, 6.45) is 2.34. The highest BCUT2D eigenvalue weighted by molar-refractivity contribution is 6.02. The van der Waals surface area contributed by atoms with Crippen molar-refractivity contribution in [1.29, 1.82) is 0 Å². The molecule has 0 saturated heterocycles. The third-order valence-electron chi connectivity index (χ3n) is 2.68. The van der Waals surface area contributed by atoms with Gasteiger partial charge in [0.15, 0.2) is 11.6 Å². The van der Waals surface area contributed by atoms with Gasteiger partial charge in [-0.05, 0) is 36.6 Å². The van der Waals surface area contributed by atoms with Crippen LogP contribution in [0.15, 0.2) is 48.1 Å². The summed E-state index contributed by atoms with van der Waals surface area (Å²) in [6.45, 7) is 7.01. The van der Waals surface area contributed by atoms with Gasteiger partial charge in [-0.3, -0.25) is 9.59 Å². The molecule has 0 fully saturated rings. The van der Waals surface area contributed by atoms with Crippen molar-refractivity contribution in [2.45, 2.75) is 26.7 Å². The van der Waals surface area contributed by atoms with E-state index in [-0.39, 0.29) is 24.4 Å². The Labute approximate surface area is 108 Å². The molecule has 1 aromatic rings. The molecule has 94 valence electrons. The maximum atomic E-state index is 11.8. The van der Waals surface area contributed by atoms with Gasteiger partial charge in [-0.25, -0.2) is 0 Å². The smallest absolute Gasteiger partial charge is 0.159 e. The molecule has 18 heavy (non-hydrogen) atoms. The average molecular weight is 242 g/mol. The van der Waals surface area contributed by atoms with Crippen molar-refractivity contribution in [3.05, 3.63) is 53.6 Å². The third-order valence-corrected chi connectivity index (χ3v) is 2.68. The maximum Gasteiger partial charge on any atom is 0.159 e. The minimum atomic E-state index is -0.0455. The highest BCUT2D eigenvalue weighted by Gasteiger charge is 2.09. The molecule has 0 N–H and O–H groups in total. The van der Waals surface area contributed by atoms with Crippen LogP contribution in [0, 0.1) is 0 Å². The highest BCUT2D eigenvalue weighted by Crippen LogP contribution is 2.10. The number of carbonyl (C=O) groups excluding carboxylic acids is 2. The van der Waals surface area contributed by atoms with E-state index in [1.807, 2.05) is 36.4 Å². The average Bonchev–Trinajstić information content (AvgIpc) is 2.36. The summed E-state index contributed by atoms with van der Waals surface area (Å²) in [4.78, 5) is 23.2. The summed E-state index contributed by atoms with van der Waals surface area (Å²) in [5.74, 6) is -0.0377. The first-order valence-electron chi connectivity index (χ1n) is 5.96. The fourth-order valence-electron chi connectivity index (χ4n) is 1.52. The van der Waals surface area contributed by atoms with Crippen LogP contribution in [0.4, 0.5) is 0 Å². The lowest BCUT2D eigenvalue weighted by Gasteiger charge is -2.01. The molecule has 1 rings (SSSR count). The van der Waals surface area contributed by atoms with Gasteiger partial charge < -0.3 is 0 Å². The predicted octanol–water partition coefficient (Wildman–Crippen LogP) is 3.58. The molecule has 1 aromatic carbocycles. The van der Waals surface area contributed by atoms with E-state index in [1.54, 1.807) is 13.8 Å². The standard InChI is InChI=1S/C16H18O2/c1-12(2)15(17)9-10-16(18)13(3)11-14-7-5-4-6-8-14/h4-8,11H,1,9-10H2,2-3H3/b13-11+. The summed E-state index contributed by atoms with van der Waals surface area (Å²) < 4.78 is 0. The van der Waals surface area contributed by atoms with E-state index in [9.17, 15) is 9.59 Å². The fraction of sp³-hybridized carbons (Fsp3) is 0.250. The van der Waals surface area contributed by atoms with E-state index in [0.717, 1.165) is 5.56 Å². The third kappa shape index (κ3) is 4.50. The Morgan fingerprint density at radius 3 is 2.17 bits per heavy atom. The van der Waals surface area contributed by atoms with Crippen molar-refractivity contribution in [2.24, 2.45) is 0 Å². The minimum Gasteiger partial charge on any atom is -0.295 e. The highest BCUT2D eigenvalue weighted by atomic mass is 16.1. The Hall–Kier alpha value is -1.96. The maximum absolute atomic E-state index is 11.8. The molecule has 0 radical (unpaired) electrons. The largest absolute Gasteiger partial charge is 0.295 e. The first kappa shape index (κ1) is 14.1. The van der Waals surface area contributed by atoms with Crippen LogP contribution >= 0.6 is 0 Å². The van der Waals surface area contributed by atoms with Crippen LogP contribution in [0.3, 0.4) is 0 Å². The van der Waals surface area contributed by atoms with E-state index in [2.05, 4.69) is 6.58 Å². The number of allylic oxidation sites excluding steroid dienone is 2. The Kier molecular flexibility index (Phi) is 5.25. The topological polar surface area (TPSA) is 34.1 Å². The predicted molar refractivity (Wildman–Crippen MR) is 74.2 cm³/mol. The number of ketones is 2. The van der Waals surface area contributed by atoms with Gasteiger partial charge in [0.2, 0.25) is 0 Å². The van der Waals surface area contributed by atoms with E-state index < -0.39 is 0 Å². The van der Waals surface area contributed by atoms with Gasteiger partial charge >= 0.3 is 0 Å². The molecule has 0 unspecified atom stereocenters. The van der Waals surface area contributed by atoms with Gasteiger partial charge in [0.25, 0.3) is 0 Å². The molecular weight excluding hydrogens is 224 g/mol. The van der Waals surface area contributed by atoms with Gasteiger partial charge in [0.05, 0.1) is 0 Å². The number of benzene rings is 1. The van der Waals surface area contributed by atoms with Crippen molar-refractivity contribution in [1.82, 2.24) is 0 Å². The van der Waals surface area contributed by atoms with E-state index in [1.165, 1.54) is 0 Å². The van der Waals surface area contributed by atoms with Gasteiger partial charge in [-0.2, -0.15) is 0 Å². The lowest BCUT2D eigenvalue weighted by atomic mass is 10.0. The number of hydrogen-bond donors (Lipinski definition) is 0. The van der Waals surface area contributed by atoms with Crippen LogP contribution < -0.4 is 0 Å². The van der Waals surface area contributed by atoms with Crippen LogP contribution in [0.1, 0.15) is 32.3 Å². The first-order chi connectivity index (χ1) is 8.50. The molecule has 0 spiro atoms. The summed E-state index contributed by atoms with van der Waals surface area (Å²) in [5.41, 5.74) is 2.18. The molecule has 2 heteroatoms. The molecule has 0 atom stereocenters. The van der Waals surface area contributed by atoms with Crippen LogP contribution in [-0.4, -0.2) is 11.6 Å². The Morgan fingerprint density at radius 1 is 1.06 bits per heavy atom. The number of rotatable bonds is 6. The van der Waals surface area contributed by atoms with E-state index in [4.69, 9.17) is 0 Å². The number of hydrogen-bond acceptors (Lipinski definition) is 2. The molecule has 0 aliphatic carbocycles. The van der Waals surface area contributed by atoms with Crippen LogP contribution in [0.2, 0.25) is 0 Å². The zero-order chi connectivity index (χ0) is 13.5. The second-order valence-corrected chi connectivity index (χ2v) is 4.36. The minimum absolute atomic E-state index is 0.00783. The molecule has 0 aliphatic heterocycles. The zero-order valence-corrected chi connectivity index (χ0v) is 10.9. The summed E-state index contributed by atoms with van der Waals surface area (Å²) in [6, 6.07) is 9.66. The van der Waals surface area contributed by atoms with Crippen LogP contribution in [-0.2, 0) is 9.59 Å². The summed E-state index contributed by atoms with van der Waals surface area (Å²) in [7, 11) is 0. The van der Waals surface area contributed by atoms with Crippen molar-refractivity contribution in [3.63, 3.8) is 0 Å². The molecule has 0 saturated carbocycles. The molecule has 0 bridgehead atoms. The Balaban J connectivity index is 2.60. The van der Waals surface area contributed by atoms with Crippen molar-refractivity contribution < 1.29 is 9.59 Å². The van der Waals surface area contributed by atoms with Gasteiger partial charge in [0.1, 0.15) is 0 Å². The Bertz CT molecular complexity index is 481. The Morgan fingerprint density at radius 2 is 1.61 bits per heavy atom. The number of carbonyl (C=O) groups is 2. The van der Waals surface area contributed by atoms with Gasteiger partial charge in [-0.15, -0.1) is 0 Å². The van der Waals surface area contributed by atoms with Gasteiger partial charge in [0, 0.05) is 12.8 Å². The second kappa shape index (κ2) is 6.70. The molecule has 0 amide bonds. The summed E-state index contributed by atoms with van der Waals surface area (Å²) >= 11 is 0. The fourth-order valence-corrected chi connectivity index (χ4v) is 1.52.